The van der Waals surface area contributed by atoms with Crippen molar-refractivity contribution >= 4 is 34.7 Å². The molecule has 156 valence electrons. The van der Waals surface area contributed by atoms with Crippen molar-refractivity contribution < 1.29 is 9.59 Å². The molecule has 3 aromatic rings. The van der Waals surface area contributed by atoms with Crippen LogP contribution in [-0.2, 0) is 16.1 Å². The number of imide groups is 1. The van der Waals surface area contributed by atoms with E-state index >= 15 is 0 Å². The molecule has 0 aromatic heterocycles. The van der Waals surface area contributed by atoms with E-state index in [9.17, 15) is 9.59 Å². The Morgan fingerprint density at radius 3 is 2.13 bits per heavy atom. The molecule has 31 heavy (non-hydrogen) atoms. The van der Waals surface area contributed by atoms with E-state index in [-0.39, 0.29) is 11.8 Å². The summed E-state index contributed by atoms with van der Waals surface area (Å²) in [5, 5.41) is 0.518. The average Bonchev–Trinajstić information content (AvgIpc) is 3.05. The Morgan fingerprint density at radius 2 is 1.52 bits per heavy atom. The van der Waals surface area contributed by atoms with Crippen molar-refractivity contribution in [1.29, 1.82) is 0 Å². The van der Waals surface area contributed by atoms with Gasteiger partial charge in [-0.3, -0.25) is 9.59 Å². The predicted octanol–water partition coefficient (Wildman–Crippen LogP) is 5.46. The highest BCUT2D eigenvalue weighted by atomic mass is 35.5. The number of anilines is 1. The van der Waals surface area contributed by atoms with Crippen LogP contribution in [0.1, 0.15) is 23.6 Å². The monoisotopic (exact) mass is 430 g/mol. The molecule has 0 bridgehead atoms. The van der Waals surface area contributed by atoms with E-state index < -0.39 is 0 Å². The molecule has 1 aliphatic rings. The van der Waals surface area contributed by atoms with E-state index in [0.29, 0.717) is 35.1 Å². The lowest BCUT2D eigenvalue weighted by Gasteiger charge is -2.25. The summed E-state index contributed by atoms with van der Waals surface area (Å²) in [5.74, 6) is -0.667. The van der Waals surface area contributed by atoms with Gasteiger partial charge in [0, 0.05) is 18.1 Å². The third kappa shape index (κ3) is 3.99. The molecule has 0 radical (unpaired) electrons. The predicted molar refractivity (Wildman–Crippen MR) is 125 cm³/mol. The van der Waals surface area contributed by atoms with Crippen LogP contribution < -0.4 is 4.90 Å². The maximum Gasteiger partial charge on any atom is 0.282 e. The van der Waals surface area contributed by atoms with Gasteiger partial charge in [0.05, 0.1) is 11.3 Å². The third-order valence-corrected chi connectivity index (χ3v) is 5.86. The van der Waals surface area contributed by atoms with Crippen molar-refractivity contribution in [1.82, 2.24) is 4.90 Å². The van der Waals surface area contributed by atoms with Gasteiger partial charge in [-0.15, -0.1) is 0 Å². The molecule has 0 N–H and O–H groups in total. The number of hydrogen-bond acceptors (Lipinski definition) is 3. The van der Waals surface area contributed by atoms with Gasteiger partial charge in [-0.1, -0.05) is 78.3 Å². The molecule has 0 spiro atoms. The lowest BCUT2D eigenvalue weighted by atomic mass is 10.0. The van der Waals surface area contributed by atoms with E-state index in [1.54, 1.807) is 12.1 Å². The fraction of sp³-hybridized carbons (Fsp3) is 0.154. The molecule has 0 saturated carbocycles. The zero-order chi connectivity index (χ0) is 22.0. The number of halogens is 1. The largest absolute Gasteiger partial charge is 0.362 e. The van der Waals surface area contributed by atoms with Gasteiger partial charge in [0.15, 0.2) is 0 Å². The Balaban J connectivity index is 1.82. The summed E-state index contributed by atoms with van der Waals surface area (Å²) in [5.41, 5.74) is 3.99. The summed E-state index contributed by atoms with van der Waals surface area (Å²) in [6.45, 7) is 4.99. The Hall–Kier alpha value is -3.37. The van der Waals surface area contributed by atoms with Crippen LogP contribution >= 0.6 is 11.6 Å². The van der Waals surface area contributed by atoms with Crippen LogP contribution in [0.25, 0.3) is 5.57 Å². The number of likely N-dealkylation sites (N-methyl/N-ethyl adjacent to an activating group) is 1. The second kappa shape index (κ2) is 8.78. The van der Waals surface area contributed by atoms with Crippen LogP contribution in [0.15, 0.2) is 84.6 Å². The van der Waals surface area contributed by atoms with Gasteiger partial charge in [-0.25, -0.2) is 4.90 Å². The quantitative estimate of drug-likeness (QED) is 0.488. The normalized spacial score (nSPS) is 13.8. The van der Waals surface area contributed by atoms with Crippen LogP contribution in [-0.4, -0.2) is 23.3 Å². The highest BCUT2D eigenvalue weighted by Gasteiger charge is 2.42. The summed E-state index contributed by atoms with van der Waals surface area (Å²) in [6, 6.07) is 24.6. The Labute approximate surface area is 187 Å². The number of aryl methyl sites for hydroxylation is 1. The number of amides is 2. The second-order valence-electron chi connectivity index (χ2n) is 7.47. The molecule has 1 heterocycles. The van der Waals surface area contributed by atoms with Crippen molar-refractivity contribution in [2.75, 3.05) is 11.4 Å². The minimum atomic E-state index is -0.336. The van der Waals surface area contributed by atoms with Gasteiger partial charge >= 0.3 is 0 Å². The summed E-state index contributed by atoms with van der Waals surface area (Å²) in [6.07, 6.45) is 0. The average molecular weight is 431 g/mol. The van der Waals surface area contributed by atoms with E-state index in [1.165, 1.54) is 4.90 Å². The molecule has 2 amide bonds. The minimum absolute atomic E-state index is 0.332. The standard InChI is InChI=1S/C26H23ClN2O2/c1-3-28(17-19-10-6-4-7-11-19)24-23(20-12-8-5-9-13-20)25(30)29(26(24)31)21-15-14-18(2)22(27)16-21/h4-16H,3,17H2,1-2H3. The molecule has 4 rings (SSSR count). The number of rotatable bonds is 6. The van der Waals surface area contributed by atoms with Crippen LogP contribution in [0.2, 0.25) is 5.02 Å². The Bertz CT molecular complexity index is 1160. The lowest BCUT2D eigenvalue weighted by Crippen LogP contribution is -2.35. The molecule has 0 saturated heterocycles. The third-order valence-electron chi connectivity index (χ3n) is 5.45. The minimum Gasteiger partial charge on any atom is -0.362 e. The summed E-state index contributed by atoms with van der Waals surface area (Å²) in [7, 11) is 0. The van der Waals surface area contributed by atoms with Gasteiger partial charge < -0.3 is 4.90 Å². The molecule has 5 heteroatoms. The number of carbonyl (C=O) groups excluding carboxylic acids is 2. The van der Waals surface area contributed by atoms with Crippen LogP contribution in [0.3, 0.4) is 0 Å². The van der Waals surface area contributed by atoms with E-state index in [4.69, 9.17) is 11.6 Å². The number of nitrogens with zero attached hydrogens (tertiary/aromatic N) is 2. The molecular formula is C26H23ClN2O2. The summed E-state index contributed by atoms with van der Waals surface area (Å²) in [4.78, 5) is 30.4. The topological polar surface area (TPSA) is 40.6 Å². The van der Waals surface area contributed by atoms with Gasteiger partial charge in [-0.05, 0) is 42.7 Å². The maximum absolute atomic E-state index is 13.6. The number of carbonyl (C=O) groups is 2. The van der Waals surface area contributed by atoms with Crippen molar-refractivity contribution in [3.05, 3.63) is 106 Å². The zero-order valence-corrected chi connectivity index (χ0v) is 18.3. The van der Waals surface area contributed by atoms with Crippen LogP contribution in [0.5, 0.6) is 0 Å². The second-order valence-corrected chi connectivity index (χ2v) is 7.88. The molecule has 1 aliphatic heterocycles. The zero-order valence-electron chi connectivity index (χ0n) is 17.5. The van der Waals surface area contributed by atoms with E-state index in [1.807, 2.05) is 85.5 Å². The van der Waals surface area contributed by atoms with Crippen LogP contribution in [0.4, 0.5) is 5.69 Å². The van der Waals surface area contributed by atoms with Gasteiger partial charge in [0.25, 0.3) is 11.8 Å². The molecule has 0 atom stereocenters. The van der Waals surface area contributed by atoms with Crippen molar-refractivity contribution in [3.63, 3.8) is 0 Å². The molecule has 0 unspecified atom stereocenters. The molecular weight excluding hydrogens is 408 g/mol. The highest BCUT2D eigenvalue weighted by Crippen LogP contribution is 2.36. The number of benzene rings is 3. The molecule has 3 aromatic carbocycles. The van der Waals surface area contributed by atoms with Gasteiger partial charge in [0.1, 0.15) is 5.70 Å². The Kier molecular flexibility index (Phi) is 5.92. The fourth-order valence-corrected chi connectivity index (χ4v) is 3.96. The maximum atomic E-state index is 13.6. The summed E-state index contributed by atoms with van der Waals surface area (Å²) >= 11 is 6.30. The highest BCUT2D eigenvalue weighted by molar-refractivity contribution is 6.45. The van der Waals surface area contributed by atoms with Crippen molar-refractivity contribution in [2.45, 2.75) is 20.4 Å². The van der Waals surface area contributed by atoms with Crippen LogP contribution in [0, 0.1) is 6.92 Å². The molecule has 0 aliphatic carbocycles. The SMILES string of the molecule is CCN(Cc1ccccc1)C1=C(c2ccccc2)C(=O)N(c2ccc(C)c(Cl)c2)C1=O. The fourth-order valence-electron chi connectivity index (χ4n) is 3.78. The lowest BCUT2D eigenvalue weighted by molar-refractivity contribution is -0.120. The van der Waals surface area contributed by atoms with E-state index in [2.05, 4.69) is 0 Å². The van der Waals surface area contributed by atoms with Crippen molar-refractivity contribution in [2.24, 2.45) is 0 Å². The van der Waals surface area contributed by atoms with Crippen molar-refractivity contribution in [3.8, 4) is 0 Å². The van der Waals surface area contributed by atoms with E-state index in [0.717, 1.165) is 16.7 Å². The first-order chi connectivity index (χ1) is 15.0. The first-order valence-corrected chi connectivity index (χ1v) is 10.6. The molecule has 0 fully saturated rings. The molecule has 4 nitrogen and oxygen atoms in total. The summed E-state index contributed by atoms with van der Waals surface area (Å²) < 4.78 is 0. The smallest absolute Gasteiger partial charge is 0.282 e. The number of hydrogen-bond donors (Lipinski definition) is 0. The Morgan fingerprint density at radius 1 is 0.871 bits per heavy atom. The van der Waals surface area contributed by atoms with Gasteiger partial charge in [-0.2, -0.15) is 0 Å². The van der Waals surface area contributed by atoms with Gasteiger partial charge in [0.2, 0.25) is 0 Å². The first-order valence-electron chi connectivity index (χ1n) is 10.2. The first kappa shape index (κ1) is 20.9.